The Morgan fingerprint density at radius 3 is 2.45 bits per heavy atom. The van der Waals surface area contributed by atoms with Crippen LogP contribution in [-0.2, 0) is 6.54 Å². The van der Waals surface area contributed by atoms with Crippen molar-refractivity contribution >= 4 is 5.69 Å². The molecule has 2 nitrogen and oxygen atoms in total. The summed E-state index contributed by atoms with van der Waals surface area (Å²) in [5, 5.41) is 9.84. The second-order valence-corrected chi connectivity index (χ2v) is 5.18. The van der Waals surface area contributed by atoms with Crippen molar-refractivity contribution < 1.29 is 9.50 Å². The monoisotopic (exact) mass is 273 g/mol. The number of aliphatic hydroxyl groups is 1. The van der Waals surface area contributed by atoms with E-state index in [9.17, 15) is 9.50 Å². The van der Waals surface area contributed by atoms with E-state index >= 15 is 0 Å². The summed E-state index contributed by atoms with van der Waals surface area (Å²) in [5.41, 5.74) is 3.24. The van der Waals surface area contributed by atoms with Gasteiger partial charge in [0.15, 0.2) is 0 Å². The number of anilines is 1. The molecule has 0 saturated carbocycles. The maximum Gasteiger partial charge on any atom is 0.126 e. The summed E-state index contributed by atoms with van der Waals surface area (Å²) in [6, 6.07) is 13.3. The Bertz CT molecular complexity index is 581. The van der Waals surface area contributed by atoms with E-state index in [4.69, 9.17) is 0 Å². The van der Waals surface area contributed by atoms with Crippen molar-refractivity contribution in [2.75, 3.05) is 11.9 Å². The Hall–Kier alpha value is -1.87. The summed E-state index contributed by atoms with van der Waals surface area (Å²) >= 11 is 0. The van der Waals surface area contributed by atoms with Crippen LogP contribution in [0.1, 0.15) is 29.7 Å². The summed E-state index contributed by atoms with van der Waals surface area (Å²) in [7, 11) is 1.95. The zero-order chi connectivity index (χ0) is 14.7. The molecular formula is C17H20FNO. The van der Waals surface area contributed by atoms with Gasteiger partial charge in [0, 0.05) is 24.8 Å². The molecule has 20 heavy (non-hydrogen) atoms. The van der Waals surface area contributed by atoms with Crippen LogP contribution in [0.15, 0.2) is 42.5 Å². The molecule has 0 fully saturated rings. The predicted molar refractivity (Wildman–Crippen MR) is 80.3 cm³/mol. The number of aliphatic hydroxyl groups excluding tert-OH is 1. The van der Waals surface area contributed by atoms with Crippen molar-refractivity contribution in [1.29, 1.82) is 0 Å². The second-order valence-electron chi connectivity index (χ2n) is 5.18. The van der Waals surface area contributed by atoms with Crippen LogP contribution in [0.4, 0.5) is 10.1 Å². The normalized spacial score (nSPS) is 12.2. The van der Waals surface area contributed by atoms with E-state index < -0.39 is 6.10 Å². The highest BCUT2D eigenvalue weighted by Crippen LogP contribution is 2.29. The third kappa shape index (κ3) is 3.17. The highest BCUT2D eigenvalue weighted by atomic mass is 19.1. The highest BCUT2D eigenvalue weighted by Gasteiger charge is 2.15. The smallest absolute Gasteiger partial charge is 0.126 e. The molecule has 0 aliphatic rings. The van der Waals surface area contributed by atoms with Crippen LogP contribution in [0.3, 0.4) is 0 Å². The van der Waals surface area contributed by atoms with E-state index in [1.54, 1.807) is 19.9 Å². The Morgan fingerprint density at radius 1 is 1.20 bits per heavy atom. The van der Waals surface area contributed by atoms with Crippen LogP contribution in [-0.4, -0.2) is 12.2 Å². The molecule has 0 heterocycles. The number of rotatable bonds is 4. The molecule has 2 aromatic rings. The molecule has 0 aliphatic heterocycles. The number of aryl methyl sites for hydroxylation is 1. The van der Waals surface area contributed by atoms with Gasteiger partial charge in [0.25, 0.3) is 0 Å². The van der Waals surface area contributed by atoms with Gasteiger partial charge in [-0.25, -0.2) is 4.39 Å². The lowest BCUT2D eigenvalue weighted by atomic mass is 10.0. The minimum Gasteiger partial charge on any atom is -0.389 e. The van der Waals surface area contributed by atoms with Crippen LogP contribution in [0.2, 0.25) is 0 Å². The van der Waals surface area contributed by atoms with Gasteiger partial charge in [-0.1, -0.05) is 30.3 Å². The minimum absolute atomic E-state index is 0.280. The molecule has 0 spiro atoms. The molecular weight excluding hydrogens is 253 g/mol. The fourth-order valence-electron chi connectivity index (χ4n) is 2.29. The molecule has 1 N–H and O–H groups in total. The first-order valence-electron chi connectivity index (χ1n) is 6.72. The summed E-state index contributed by atoms with van der Waals surface area (Å²) in [6.45, 7) is 4.11. The summed E-state index contributed by atoms with van der Waals surface area (Å²) < 4.78 is 13.7. The minimum atomic E-state index is -0.696. The van der Waals surface area contributed by atoms with E-state index in [1.165, 1.54) is 11.6 Å². The van der Waals surface area contributed by atoms with Crippen molar-refractivity contribution in [3.05, 3.63) is 65.0 Å². The maximum atomic E-state index is 13.7. The van der Waals surface area contributed by atoms with Crippen molar-refractivity contribution in [3.63, 3.8) is 0 Å². The quantitative estimate of drug-likeness (QED) is 0.915. The average molecular weight is 273 g/mol. The van der Waals surface area contributed by atoms with Crippen molar-refractivity contribution in [1.82, 2.24) is 0 Å². The van der Waals surface area contributed by atoms with Gasteiger partial charge >= 0.3 is 0 Å². The Labute approximate surface area is 119 Å². The van der Waals surface area contributed by atoms with Crippen molar-refractivity contribution in [2.45, 2.75) is 26.5 Å². The van der Waals surface area contributed by atoms with Gasteiger partial charge < -0.3 is 10.0 Å². The fourth-order valence-corrected chi connectivity index (χ4v) is 2.29. The largest absolute Gasteiger partial charge is 0.389 e. The van der Waals surface area contributed by atoms with Crippen LogP contribution in [0.25, 0.3) is 0 Å². The lowest BCUT2D eigenvalue weighted by Gasteiger charge is -2.24. The fraction of sp³-hybridized carbons (Fsp3) is 0.294. The third-order valence-corrected chi connectivity index (χ3v) is 3.43. The van der Waals surface area contributed by atoms with Gasteiger partial charge in [-0.2, -0.15) is 0 Å². The number of hydrogen-bond acceptors (Lipinski definition) is 2. The van der Waals surface area contributed by atoms with Crippen LogP contribution in [0, 0.1) is 12.7 Å². The van der Waals surface area contributed by atoms with Gasteiger partial charge in [-0.3, -0.25) is 0 Å². The number of halogens is 1. The zero-order valence-corrected chi connectivity index (χ0v) is 12.1. The Kier molecular flexibility index (Phi) is 4.40. The van der Waals surface area contributed by atoms with Crippen LogP contribution < -0.4 is 4.90 Å². The molecule has 1 unspecified atom stereocenters. The first kappa shape index (κ1) is 14.5. The molecule has 0 saturated heterocycles. The van der Waals surface area contributed by atoms with E-state index in [1.807, 2.05) is 30.1 Å². The summed E-state index contributed by atoms with van der Waals surface area (Å²) in [6.07, 6.45) is -0.696. The lowest BCUT2D eigenvalue weighted by molar-refractivity contribution is 0.199. The molecule has 106 valence electrons. The van der Waals surface area contributed by atoms with E-state index in [0.717, 1.165) is 5.69 Å². The van der Waals surface area contributed by atoms with Crippen molar-refractivity contribution in [2.24, 2.45) is 0 Å². The molecule has 2 aromatic carbocycles. The standard InChI is InChI=1S/C17H20FNO/c1-12-9-17(15(13(2)20)10-16(12)18)19(3)11-14-7-5-4-6-8-14/h4-10,13,20H,11H2,1-3H3. The number of nitrogens with zero attached hydrogens (tertiary/aromatic N) is 1. The molecule has 0 amide bonds. The van der Waals surface area contributed by atoms with E-state index in [-0.39, 0.29) is 5.82 Å². The van der Waals surface area contributed by atoms with Crippen molar-refractivity contribution in [3.8, 4) is 0 Å². The first-order chi connectivity index (χ1) is 9.49. The maximum absolute atomic E-state index is 13.7. The van der Waals surface area contributed by atoms with Gasteiger partial charge in [0.1, 0.15) is 5.82 Å². The SMILES string of the molecule is Cc1cc(N(C)Cc2ccccc2)c(C(C)O)cc1F. The van der Waals surface area contributed by atoms with Gasteiger partial charge in [-0.05, 0) is 37.1 Å². The number of hydrogen-bond donors (Lipinski definition) is 1. The summed E-state index contributed by atoms with van der Waals surface area (Å²) in [5.74, 6) is -0.280. The van der Waals surface area contributed by atoms with E-state index in [0.29, 0.717) is 17.7 Å². The average Bonchev–Trinajstić information content (AvgIpc) is 2.42. The van der Waals surface area contributed by atoms with Gasteiger partial charge in [0.2, 0.25) is 0 Å². The molecule has 0 bridgehead atoms. The zero-order valence-electron chi connectivity index (χ0n) is 12.1. The Morgan fingerprint density at radius 2 is 1.85 bits per heavy atom. The Balaban J connectivity index is 2.33. The highest BCUT2D eigenvalue weighted by molar-refractivity contribution is 5.56. The molecule has 0 radical (unpaired) electrons. The molecule has 1 atom stereocenters. The first-order valence-corrected chi connectivity index (χ1v) is 6.72. The van der Waals surface area contributed by atoms with E-state index in [2.05, 4.69) is 12.1 Å². The second kappa shape index (κ2) is 6.06. The predicted octanol–water partition coefficient (Wildman–Crippen LogP) is 3.82. The molecule has 0 aromatic heterocycles. The molecule has 3 heteroatoms. The van der Waals surface area contributed by atoms with Crippen LogP contribution >= 0.6 is 0 Å². The van der Waals surface area contributed by atoms with Gasteiger partial charge in [-0.15, -0.1) is 0 Å². The lowest BCUT2D eigenvalue weighted by Crippen LogP contribution is -2.19. The molecule has 0 aliphatic carbocycles. The topological polar surface area (TPSA) is 23.5 Å². The summed E-state index contributed by atoms with van der Waals surface area (Å²) in [4.78, 5) is 2.03. The van der Waals surface area contributed by atoms with Gasteiger partial charge in [0.05, 0.1) is 6.10 Å². The molecule has 2 rings (SSSR count). The van der Waals surface area contributed by atoms with Crippen LogP contribution in [0.5, 0.6) is 0 Å². The third-order valence-electron chi connectivity index (χ3n) is 3.43. The number of benzene rings is 2.